The molecule has 132 valence electrons. The van der Waals surface area contributed by atoms with E-state index in [1.165, 1.54) is 16.9 Å². The van der Waals surface area contributed by atoms with Gasteiger partial charge in [-0.2, -0.15) is 0 Å². The van der Waals surface area contributed by atoms with Gasteiger partial charge in [0.25, 0.3) is 5.91 Å². The molecule has 1 saturated heterocycles. The number of nitrogens with one attached hydrogen (secondary N) is 1. The smallest absolute Gasteiger partial charge is 0.265 e. The predicted molar refractivity (Wildman–Crippen MR) is 103 cm³/mol. The summed E-state index contributed by atoms with van der Waals surface area (Å²) in [7, 11) is 0. The molecule has 1 fully saturated rings. The summed E-state index contributed by atoms with van der Waals surface area (Å²) in [5.74, 6) is 0.729. The minimum atomic E-state index is 0.00719. The van der Waals surface area contributed by atoms with E-state index in [9.17, 15) is 4.79 Å². The molecular weight excluding hydrogens is 332 g/mol. The Hall–Kier alpha value is -1.85. The fraction of sp³-hybridized carbons (Fsp3) is 0.450. The molecule has 0 radical (unpaired) electrons. The summed E-state index contributed by atoms with van der Waals surface area (Å²) in [6, 6.07) is 10.1. The van der Waals surface area contributed by atoms with Crippen LogP contribution in [-0.2, 0) is 17.6 Å². The first kappa shape index (κ1) is 16.6. The fourth-order valence-electron chi connectivity index (χ4n) is 3.66. The normalized spacial score (nSPS) is 20.2. The van der Waals surface area contributed by atoms with Crippen LogP contribution in [-0.4, -0.2) is 32.2 Å². The van der Waals surface area contributed by atoms with Crippen molar-refractivity contribution in [1.82, 2.24) is 0 Å². The van der Waals surface area contributed by atoms with Crippen molar-refractivity contribution in [2.75, 3.05) is 36.5 Å². The molecule has 1 atom stereocenters. The van der Waals surface area contributed by atoms with E-state index in [0.29, 0.717) is 0 Å². The Morgan fingerprint density at radius 1 is 1.28 bits per heavy atom. The number of rotatable bonds is 3. The maximum atomic E-state index is 12.8. The van der Waals surface area contributed by atoms with Gasteiger partial charge in [0.2, 0.25) is 0 Å². The highest BCUT2D eigenvalue weighted by molar-refractivity contribution is 7.14. The molecule has 0 bridgehead atoms. The Bertz CT molecular complexity index is 765. The van der Waals surface area contributed by atoms with Crippen LogP contribution in [0.25, 0.3) is 0 Å². The topological polar surface area (TPSA) is 41.6 Å². The summed E-state index contributed by atoms with van der Waals surface area (Å²) in [5.41, 5.74) is 3.33. The van der Waals surface area contributed by atoms with Gasteiger partial charge >= 0.3 is 0 Å². The number of carbonyl (C=O) groups is 1. The molecule has 4 nitrogen and oxygen atoms in total. The highest BCUT2D eigenvalue weighted by Crippen LogP contribution is 2.33. The number of benzene rings is 1. The summed E-state index contributed by atoms with van der Waals surface area (Å²) < 4.78 is 5.44. The highest BCUT2D eigenvalue weighted by atomic mass is 32.1. The van der Waals surface area contributed by atoms with Crippen molar-refractivity contribution in [3.63, 3.8) is 0 Å². The van der Waals surface area contributed by atoms with E-state index in [4.69, 9.17) is 4.74 Å². The monoisotopic (exact) mass is 356 g/mol. The number of thiophene rings is 1. The number of fused-ring (bicyclic) bond motifs is 1. The zero-order valence-corrected chi connectivity index (χ0v) is 15.4. The molecular formula is C20H24N2O2S. The van der Waals surface area contributed by atoms with Crippen LogP contribution in [0.15, 0.2) is 30.3 Å². The maximum absolute atomic E-state index is 12.8. The molecule has 1 aliphatic carbocycles. The number of carbonyl (C=O) groups excluding carboxylic acids is 1. The largest absolute Gasteiger partial charge is 0.378 e. The van der Waals surface area contributed by atoms with Crippen LogP contribution < -0.4 is 10.2 Å². The van der Waals surface area contributed by atoms with Crippen LogP contribution >= 0.6 is 11.3 Å². The lowest BCUT2D eigenvalue weighted by Gasteiger charge is -2.30. The second-order valence-electron chi connectivity index (χ2n) is 6.98. The third-order valence-corrected chi connectivity index (χ3v) is 6.29. The summed E-state index contributed by atoms with van der Waals surface area (Å²) in [4.78, 5) is 17.3. The number of morpholine rings is 1. The number of amides is 1. The first-order valence-corrected chi connectivity index (χ1v) is 9.87. The predicted octanol–water partition coefficient (Wildman–Crippen LogP) is 3.96. The number of hydrogen-bond donors (Lipinski definition) is 1. The minimum Gasteiger partial charge on any atom is -0.378 e. The second-order valence-corrected chi connectivity index (χ2v) is 8.11. The van der Waals surface area contributed by atoms with Gasteiger partial charge in [0, 0.05) is 18.0 Å². The van der Waals surface area contributed by atoms with Crippen LogP contribution in [0.5, 0.6) is 0 Å². The van der Waals surface area contributed by atoms with E-state index in [1.807, 2.05) is 18.2 Å². The molecule has 2 aliphatic rings. The summed E-state index contributed by atoms with van der Waals surface area (Å²) in [6.45, 7) is 5.48. The van der Waals surface area contributed by atoms with Crippen LogP contribution in [0.3, 0.4) is 0 Å². The number of para-hydroxylation sites is 2. The van der Waals surface area contributed by atoms with E-state index in [0.717, 1.165) is 61.3 Å². The highest BCUT2D eigenvalue weighted by Gasteiger charge is 2.22. The van der Waals surface area contributed by atoms with Gasteiger partial charge in [0.15, 0.2) is 0 Å². The number of ether oxygens (including phenoxy) is 1. The summed E-state index contributed by atoms with van der Waals surface area (Å²) in [5, 5.41) is 3.13. The zero-order chi connectivity index (χ0) is 17.2. The van der Waals surface area contributed by atoms with Crippen molar-refractivity contribution in [3.05, 3.63) is 45.6 Å². The van der Waals surface area contributed by atoms with Gasteiger partial charge < -0.3 is 15.0 Å². The molecule has 0 unspecified atom stereocenters. The lowest BCUT2D eigenvalue weighted by molar-refractivity contribution is 0.103. The van der Waals surface area contributed by atoms with Crippen molar-refractivity contribution in [2.45, 2.75) is 26.2 Å². The SMILES string of the molecule is C[C@@H]1CCc2sc(C(=O)Nc3ccccc3N3CCOCC3)cc2C1. The Labute approximate surface area is 152 Å². The van der Waals surface area contributed by atoms with Gasteiger partial charge in [0.05, 0.1) is 29.5 Å². The molecule has 1 aliphatic heterocycles. The van der Waals surface area contributed by atoms with Crippen molar-refractivity contribution >= 4 is 28.6 Å². The van der Waals surface area contributed by atoms with Crippen LogP contribution in [0.4, 0.5) is 11.4 Å². The molecule has 1 amide bonds. The van der Waals surface area contributed by atoms with Crippen molar-refractivity contribution < 1.29 is 9.53 Å². The fourth-order valence-corrected chi connectivity index (χ4v) is 4.76. The number of aryl methyl sites for hydroxylation is 1. The van der Waals surface area contributed by atoms with E-state index in [1.54, 1.807) is 11.3 Å². The first-order chi connectivity index (χ1) is 12.2. The van der Waals surface area contributed by atoms with E-state index in [-0.39, 0.29) is 5.91 Å². The van der Waals surface area contributed by atoms with Crippen LogP contribution in [0.2, 0.25) is 0 Å². The van der Waals surface area contributed by atoms with E-state index < -0.39 is 0 Å². The first-order valence-electron chi connectivity index (χ1n) is 9.05. The van der Waals surface area contributed by atoms with Gasteiger partial charge in [-0.05, 0) is 48.9 Å². The maximum Gasteiger partial charge on any atom is 0.265 e. The van der Waals surface area contributed by atoms with E-state index in [2.05, 4.69) is 29.3 Å². The molecule has 2 heterocycles. The Balaban J connectivity index is 1.53. The lowest BCUT2D eigenvalue weighted by Crippen LogP contribution is -2.36. The number of anilines is 2. The number of hydrogen-bond acceptors (Lipinski definition) is 4. The molecule has 1 aromatic heterocycles. The summed E-state index contributed by atoms with van der Waals surface area (Å²) >= 11 is 1.66. The Morgan fingerprint density at radius 2 is 2.08 bits per heavy atom. The van der Waals surface area contributed by atoms with Crippen molar-refractivity contribution in [2.24, 2.45) is 5.92 Å². The molecule has 4 rings (SSSR count). The molecule has 0 spiro atoms. The molecule has 0 saturated carbocycles. The van der Waals surface area contributed by atoms with Crippen molar-refractivity contribution in [1.29, 1.82) is 0 Å². The zero-order valence-electron chi connectivity index (χ0n) is 14.6. The average Bonchev–Trinajstić information content (AvgIpc) is 3.06. The third kappa shape index (κ3) is 3.58. The van der Waals surface area contributed by atoms with Crippen LogP contribution in [0, 0.1) is 5.92 Å². The molecule has 2 aromatic rings. The van der Waals surface area contributed by atoms with Gasteiger partial charge in [0.1, 0.15) is 0 Å². The molecule has 5 heteroatoms. The second kappa shape index (κ2) is 7.18. The van der Waals surface area contributed by atoms with Gasteiger partial charge in [-0.15, -0.1) is 11.3 Å². The lowest BCUT2D eigenvalue weighted by atomic mass is 9.90. The Morgan fingerprint density at radius 3 is 2.92 bits per heavy atom. The Kier molecular flexibility index (Phi) is 4.77. The van der Waals surface area contributed by atoms with Crippen molar-refractivity contribution in [3.8, 4) is 0 Å². The van der Waals surface area contributed by atoms with Gasteiger partial charge in [-0.25, -0.2) is 0 Å². The molecule has 1 N–H and O–H groups in total. The number of nitrogens with zero attached hydrogens (tertiary/aromatic N) is 1. The van der Waals surface area contributed by atoms with E-state index >= 15 is 0 Å². The molecule has 25 heavy (non-hydrogen) atoms. The average molecular weight is 356 g/mol. The minimum absolute atomic E-state index is 0.00719. The van der Waals surface area contributed by atoms with Gasteiger partial charge in [-0.1, -0.05) is 19.1 Å². The quantitative estimate of drug-likeness (QED) is 0.905. The standard InChI is InChI=1S/C20H24N2O2S/c1-14-6-7-18-15(12-14)13-19(25-18)20(23)21-16-4-2-3-5-17(16)22-8-10-24-11-9-22/h2-5,13-14H,6-12H2,1H3,(H,21,23)/t14-/m1/s1. The molecule has 1 aromatic carbocycles. The summed E-state index contributed by atoms with van der Waals surface area (Å²) in [6.07, 6.45) is 3.44. The van der Waals surface area contributed by atoms with Crippen LogP contribution in [0.1, 0.15) is 33.5 Å². The van der Waals surface area contributed by atoms with Gasteiger partial charge in [-0.3, -0.25) is 4.79 Å². The third-order valence-electron chi connectivity index (χ3n) is 5.06.